The fourth-order valence-corrected chi connectivity index (χ4v) is 4.18. The molecule has 2 heterocycles. The summed E-state index contributed by atoms with van der Waals surface area (Å²) in [6, 6.07) is 10.7. The number of rotatable bonds is 7. The van der Waals surface area contributed by atoms with E-state index < -0.39 is 5.82 Å². The van der Waals surface area contributed by atoms with Crippen molar-refractivity contribution in [1.29, 1.82) is 0 Å². The van der Waals surface area contributed by atoms with Crippen LogP contribution in [0.2, 0.25) is 0 Å². The third-order valence-electron chi connectivity index (χ3n) is 4.87. The largest absolute Gasteiger partial charge is 0.301 e. The van der Waals surface area contributed by atoms with Crippen LogP contribution in [0.3, 0.4) is 0 Å². The number of carbonyl (C=O) groups is 1. The third-order valence-corrected chi connectivity index (χ3v) is 5.83. The summed E-state index contributed by atoms with van der Waals surface area (Å²) in [5, 5.41) is 0.725. The molecule has 1 aromatic heterocycles. The summed E-state index contributed by atoms with van der Waals surface area (Å²) in [6.45, 7) is 1.64. The summed E-state index contributed by atoms with van der Waals surface area (Å²) >= 11 is 1.39. The van der Waals surface area contributed by atoms with E-state index in [-0.39, 0.29) is 16.7 Å². The van der Waals surface area contributed by atoms with Crippen molar-refractivity contribution >= 4 is 39.8 Å². The first-order valence-electron chi connectivity index (χ1n) is 9.48. The zero-order valence-electron chi connectivity index (χ0n) is 16.0. The molecule has 7 heteroatoms. The Hall–Kier alpha value is -2.80. The number of fused-ring (bicyclic) bond motifs is 2. The van der Waals surface area contributed by atoms with Gasteiger partial charge in [-0.25, -0.2) is 9.37 Å². The van der Waals surface area contributed by atoms with Crippen LogP contribution in [0.5, 0.6) is 0 Å². The smallest absolute Gasteiger partial charge is 0.259 e. The first-order valence-corrected chi connectivity index (χ1v) is 10.5. The molecule has 4 rings (SSSR count). The van der Waals surface area contributed by atoms with E-state index in [9.17, 15) is 14.0 Å². The van der Waals surface area contributed by atoms with Gasteiger partial charge in [-0.2, -0.15) is 0 Å². The number of benzene rings is 2. The topological polar surface area (TPSA) is 75.2 Å². The molecular formula is C22H20FN3O2S. The lowest BCUT2D eigenvalue weighted by Gasteiger charge is -2.05. The average molecular weight is 409 g/mol. The summed E-state index contributed by atoms with van der Waals surface area (Å²) in [4.78, 5) is 36.0. The van der Waals surface area contributed by atoms with Gasteiger partial charge in [0.05, 0.1) is 16.6 Å². The SMILES string of the molecule is Cc1cc2nc(SCCCC(=O)CC3=Nc4ccccc4C3)[nH]c(=O)c2cc1F. The molecule has 0 atom stereocenters. The molecule has 1 aliphatic rings. The lowest BCUT2D eigenvalue weighted by atomic mass is 10.0. The van der Waals surface area contributed by atoms with Crippen LogP contribution >= 0.6 is 11.8 Å². The van der Waals surface area contributed by atoms with Crippen molar-refractivity contribution in [2.24, 2.45) is 4.99 Å². The molecule has 0 saturated carbocycles. The number of hydrogen-bond acceptors (Lipinski definition) is 5. The minimum Gasteiger partial charge on any atom is -0.301 e. The van der Waals surface area contributed by atoms with Gasteiger partial charge in [-0.1, -0.05) is 30.0 Å². The molecule has 148 valence electrons. The van der Waals surface area contributed by atoms with Gasteiger partial charge in [0.25, 0.3) is 5.56 Å². The van der Waals surface area contributed by atoms with E-state index in [1.807, 2.05) is 24.3 Å². The highest BCUT2D eigenvalue weighted by Crippen LogP contribution is 2.27. The molecule has 0 saturated heterocycles. The Kier molecular flexibility index (Phi) is 5.58. The number of halogens is 1. The lowest BCUT2D eigenvalue weighted by molar-refractivity contribution is -0.117. The van der Waals surface area contributed by atoms with Gasteiger partial charge in [0, 0.05) is 30.7 Å². The molecule has 1 aliphatic heterocycles. The van der Waals surface area contributed by atoms with E-state index in [4.69, 9.17) is 0 Å². The Bertz CT molecular complexity index is 1190. The summed E-state index contributed by atoms with van der Waals surface area (Å²) < 4.78 is 13.7. The van der Waals surface area contributed by atoms with Crippen LogP contribution in [-0.2, 0) is 11.2 Å². The Morgan fingerprint density at radius 3 is 2.93 bits per heavy atom. The summed E-state index contributed by atoms with van der Waals surface area (Å²) in [5.74, 6) is 0.412. The van der Waals surface area contributed by atoms with E-state index in [1.54, 1.807) is 13.0 Å². The number of H-pyrrole nitrogens is 1. The highest BCUT2D eigenvalue weighted by atomic mass is 32.2. The number of nitrogens with zero attached hydrogens (tertiary/aromatic N) is 2. The van der Waals surface area contributed by atoms with Crippen molar-refractivity contribution in [3.8, 4) is 0 Å². The Balaban J connectivity index is 1.29. The zero-order chi connectivity index (χ0) is 20.4. The number of aromatic nitrogens is 2. The van der Waals surface area contributed by atoms with Crippen molar-refractivity contribution in [2.75, 3.05) is 5.75 Å². The molecule has 0 bridgehead atoms. The first-order chi connectivity index (χ1) is 14.0. The summed E-state index contributed by atoms with van der Waals surface area (Å²) in [5.41, 5.74) is 3.64. The van der Waals surface area contributed by atoms with Gasteiger partial charge < -0.3 is 4.98 Å². The van der Waals surface area contributed by atoms with Crippen LogP contribution in [-0.4, -0.2) is 27.2 Å². The van der Waals surface area contributed by atoms with Crippen LogP contribution in [0.4, 0.5) is 10.1 Å². The second kappa shape index (κ2) is 8.29. The summed E-state index contributed by atoms with van der Waals surface area (Å²) in [6.07, 6.45) is 2.28. The van der Waals surface area contributed by atoms with Crippen molar-refractivity contribution in [3.05, 3.63) is 63.7 Å². The fourth-order valence-electron chi connectivity index (χ4n) is 3.37. The van der Waals surface area contributed by atoms with Gasteiger partial charge in [-0.3, -0.25) is 14.6 Å². The average Bonchev–Trinajstić information content (AvgIpc) is 3.09. The maximum atomic E-state index is 13.7. The molecule has 29 heavy (non-hydrogen) atoms. The van der Waals surface area contributed by atoms with Crippen molar-refractivity contribution in [3.63, 3.8) is 0 Å². The highest BCUT2D eigenvalue weighted by molar-refractivity contribution is 7.99. The van der Waals surface area contributed by atoms with Crippen LogP contribution in [0, 0.1) is 12.7 Å². The predicted octanol–water partition coefficient (Wildman–Crippen LogP) is 4.53. The number of ketones is 1. The van der Waals surface area contributed by atoms with E-state index >= 15 is 0 Å². The molecule has 0 radical (unpaired) electrons. The third kappa shape index (κ3) is 4.45. The first kappa shape index (κ1) is 19.5. The minimum atomic E-state index is -0.418. The monoisotopic (exact) mass is 409 g/mol. The Morgan fingerprint density at radius 1 is 1.28 bits per heavy atom. The van der Waals surface area contributed by atoms with Gasteiger partial charge >= 0.3 is 0 Å². The highest BCUT2D eigenvalue weighted by Gasteiger charge is 2.16. The van der Waals surface area contributed by atoms with Crippen LogP contribution < -0.4 is 5.56 Å². The van der Waals surface area contributed by atoms with E-state index in [2.05, 4.69) is 15.0 Å². The number of nitrogens with one attached hydrogen (secondary N) is 1. The molecule has 0 spiro atoms. The van der Waals surface area contributed by atoms with Gasteiger partial charge in [-0.05, 0) is 42.7 Å². The second-order valence-electron chi connectivity index (χ2n) is 7.14. The van der Waals surface area contributed by atoms with E-state index in [0.717, 1.165) is 17.8 Å². The zero-order valence-corrected chi connectivity index (χ0v) is 16.8. The van der Waals surface area contributed by atoms with Crippen LogP contribution in [0.1, 0.15) is 30.4 Å². The maximum absolute atomic E-state index is 13.7. The van der Waals surface area contributed by atoms with Gasteiger partial charge in [-0.15, -0.1) is 0 Å². The molecule has 0 amide bonds. The number of Topliss-reactive ketones (excluding diaryl/α,β-unsaturated/α-hetero) is 1. The number of aromatic amines is 1. The van der Waals surface area contributed by atoms with Crippen LogP contribution in [0.15, 0.2) is 51.3 Å². The molecular weight excluding hydrogens is 389 g/mol. The molecule has 2 aromatic carbocycles. The number of carbonyl (C=O) groups excluding carboxylic acids is 1. The fraction of sp³-hybridized carbons (Fsp3) is 0.273. The molecule has 1 N–H and O–H groups in total. The molecule has 5 nitrogen and oxygen atoms in total. The second-order valence-corrected chi connectivity index (χ2v) is 8.22. The van der Waals surface area contributed by atoms with Crippen LogP contribution in [0.25, 0.3) is 10.9 Å². The van der Waals surface area contributed by atoms with E-state index in [1.165, 1.54) is 23.4 Å². The minimum absolute atomic E-state index is 0.170. The number of aliphatic imine (C=N–C) groups is 1. The number of thioether (sulfide) groups is 1. The number of aryl methyl sites for hydroxylation is 1. The quantitative estimate of drug-likeness (QED) is 0.353. The Morgan fingerprint density at radius 2 is 2.10 bits per heavy atom. The van der Waals surface area contributed by atoms with Gasteiger partial charge in [0.1, 0.15) is 11.6 Å². The molecule has 0 fully saturated rings. The molecule has 0 unspecified atom stereocenters. The standard InChI is InChI=1S/C22H20FN3O2S/c1-13-9-20-17(12-18(13)23)21(28)26-22(25-20)29-8-4-6-16(27)11-15-10-14-5-2-3-7-19(14)24-15/h2-3,5,7,9,12H,4,6,8,10-11H2,1H3,(H,25,26,28). The van der Waals surface area contributed by atoms with Crippen molar-refractivity contribution in [2.45, 2.75) is 37.8 Å². The van der Waals surface area contributed by atoms with Crippen molar-refractivity contribution < 1.29 is 9.18 Å². The molecule has 0 aliphatic carbocycles. The molecule has 3 aromatic rings. The van der Waals surface area contributed by atoms with Gasteiger partial charge in [0.2, 0.25) is 0 Å². The number of para-hydroxylation sites is 1. The lowest BCUT2D eigenvalue weighted by Crippen LogP contribution is -2.10. The van der Waals surface area contributed by atoms with Gasteiger partial charge in [0.15, 0.2) is 5.16 Å². The normalized spacial score (nSPS) is 12.8. The van der Waals surface area contributed by atoms with Crippen molar-refractivity contribution in [1.82, 2.24) is 9.97 Å². The number of hydrogen-bond donors (Lipinski definition) is 1. The maximum Gasteiger partial charge on any atom is 0.259 e. The Labute approximate surface area is 171 Å². The predicted molar refractivity (Wildman–Crippen MR) is 114 cm³/mol. The van der Waals surface area contributed by atoms with E-state index in [0.29, 0.717) is 41.3 Å². The summed E-state index contributed by atoms with van der Waals surface area (Å²) in [7, 11) is 0.